The lowest BCUT2D eigenvalue weighted by molar-refractivity contribution is -0.137. The summed E-state index contributed by atoms with van der Waals surface area (Å²) in [5.41, 5.74) is 1.23. The lowest BCUT2D eigenvalue weighted by atomic mass is 10.0. The highest BCUT2D eigenvalue weighted by Crippen LogP contribution is 2.36. The molecule has 1 aliphatic rings. The molecule has 3 heterocycles. The number of nitrogens with one attached hydrogen (secondary N) is 1. The summed E-state index contributed by atoms with van der Waals surface area (Å²) in [6.07, 6.45) is 1.77. The van der Waals surface area contributed by atoms with Gasteiger partial charge in [-0.05, 0) is 44.9 Å². The molecule has 1 aliphatic heterocycles. The maximum Gasteiger partial charge on any atom is 0.416 e. The third-order valence-electron chi connectivity index (χ3n) is 6.47. The van der Waals surface area contributed by atoms with Gasteiger partial charge in [0.1, 0.15) is 11.5 Å². The Morgan fingerprint density at radius 1 is 1.08 bits per heavy atom. The first-order valence-electron chi connectivity index (χ1n) is 12.2. The van der Waals surface area contributed by atoms with Gasteiger partial charge in [0, 0.05) is 55.7 Å². The Morgan fingerprint density at radius 3 is 2.35 bits per heavy atom. The largest absolute Gasteiger partial charge is 0.416 e. The van der Waals surface area contributed by atoms with Crippen molar-refractivity contribution in [3.05, 3.63) is 59.5 Å². The zero-order chi connectivity index (χ0) is 26.6. The predicted molar refractivity (Wildman–Crippen MR) is 137 cm³/mol. The predicted octanol–water partition coefficient (Wildman–Crippen LogP) is 5.90. The van der Waals surface area contributed by atoms with Gasteiger partial charge in [0.25, 0.3) is 0 Å². The van der Waals surface area contributed by atoms with Crippen LogP contribution in [0.1, 0.15) is 32.3 Å². The van der Waals surface area contributed by atoms with Gasteiger partial charge >= 0.3 is 12.2 Å². The maximum absolute atomic E-state index is 13.1. The molecular weight excluding hydrogens is 505 g/mol. The Labute approximate surface area is 218 Å². The minimum Gasteiger partial charge on any atom is -0.355 e. The molecule has 0 bridgehead atoms. The summed E-state index contributed by atoms with van der Waals surface area (Å²) in [5.74, 6) is 0.632. The molecule has 2 aromatic heterocycles. The Bertz CT molecular complexity index is 1230. The Balaban J connectivity index is 1.59. The van der Waals surface area contributed by atoms with Crippen LogP contribution >= 0.6 is 11.6 Å². The zero-order valence-electron chi connectivity index (χ0n) is 20.6. The van der Waals surface area contributed by atoms with E-state index in [1.807, 2.05) is 13.8 Å². The van der Waals surface area contributed by atoms with Gasteiger partial charge in [-0.3, -0.25) is 9.97 Å². The average molecular weight is 533 g/mol. The number of rotatable bonds is 6. The van der Waals surface area contributed by atoms with Crippen molar-refractivity contribution in [2.24, 2.45) is 0 Å². The molecule has 0 spiro atoms. The SMILES string of the molecule is CCN(CC)C(=O)NC1CCN(c2cnc(-c3ccc(C(F)(F)F)cc3)c(-c3ccncc3Cl)n2)CC1. The van der Waals surface area contributed by atoms with Crippen molar-refractivity contribution in [3.63, 3.8) is 0 Å². The van der Waals surface area contributed by atoms with E-state index in [1.165, 1.54) is 18.3 Å². The van der Waals surface area contributed by atoms with Crippen molar-refractivity contribution in [2.45, 2.75) is 38.9 Å². The van der Waals surface area contributed by atoms with Crippen LogP contribution in [0.15, 0.2) is 48.9 Å². The number of hydrogen-bond acceptors (Lipinski definition) is 5. The first kappa shape index (κ1) is 26.7. The molecule has 0 saturated carbocycles. The number of anilines is 1. The molecule has 0 aliphatic carbocycles. The zero-order valence-corrected chi connectivity index (χ0v) is 21.4. The maximum atomic E-state index is 13.1. The second-order valence-corrected chi connectivity index (χ2v) is 9.15. The van der Waals surface area contributed by atoms with Gasteiger partial charge in [-0.1, -0.05) is 23.7 Å². The molecule has 0 unspecified atom stereocenters. The van der Waals surface area contributed by atoms with Crippen molar-refractivity contribution in [1.29, 1.82) is 0 Å². The highest BCUT2D eigenvalue weighted by molar-refractivity contribution is 6.33. The molecule has 7 nitrogen and oxygen atoms in total. The normalized spacial score (nSPS) is 14.5. The lowest BCUT2D eigenvalue weighted by Gasteiger charge is -2.34. The summed E-state index contributed by atoms with van der Waals surface area (Å²) < 4.78 is 39.2. The number of alkyl halides is 3. The van der Waals surface area contributed by atoms with E-state index in [2.05, 4.69) is 20.2 Å². The fourth-order valence-electron chi connectivity index (χ4n) is 4.35. The monoisotopic (exact) mass is 532 g/mol. The first-order chi connectivity index (χ1) is 17.7. The van der Waals surface area contributed by atoms with E-state index < -0.39 is 11.7 Å². The van der Waals surface area contributed by atoms with E-state index >= 15 is 0 Å². The van der Waals surface area contributed by atoms with Gasteiger partial charge in [-0.25, -0.2) is 9.78 Å². The Hall–Kier alpha value is -3.40. The van der Waals surface area contributed by atoms with Crippen LogP contribution in [0.5, 0.6) is 0 Å². The summed E-state index contributed by atoms with van der Waals surface area (Å²) in [5, 5.41) is 3.46. The smallest absolute Gasteiger partial charge is 0.355 e. The molecule has 11 heteroatoms. The average Bonchev–Trinajstić information content (AvgIpc) is 2.89. The number of hydrogen-bond donors (Lipinski definition) is 1. The van der Waals surface area contributed by atoms with Crippen LogP contribution in [-0.4, -0.2) is 58.1 Å². The topological polar surface area (TPSA) is 74.2 Å². The van der Waals surface area contributed by atoms with Crippen molar-refractivity contribution in [3.8, 4) is 22.5 Å². The second-order valence-electron chi connectivity index (χ2n) is 8.74. The standard InChI is InChI=1S/C26H28ClF3N6O/c1-3-35(4-2)25(37)33-19-10-13-36(14-11-19)22-16-32-23(17-5-7-18(8-6-17)26(28,29)30)24(34-22)20-9-12-31-15-21(20)27/h5-9,12,15-16,19H,3-4,10-11,13-14H2,1-2H3,(H,33,37). The molecule has 4 rings (SSSR count). The molecule has 0 radical (unpaired) electrons. The van der Waals surface area contributed by atoms with E-state index in [0.717, 1.165) is 25.0 Å². The fourth-order valence-corrected chi connectivity index (χ4v) is 4.55. The minimum absolute atomic E-state index is 0.0567. The Kier molecular flexibility index (Phi) is 8.16. The summed E-state index contributed by atoms with van der Waals surface area (Å²) in [6.45, 7) is 6.55. The number of urea groups is 1. The molecule has 1 saturated heterocycles. The van der Waals surface area contributed by atoms with Gasteiger partial charge in [0.05, 0.1) is 22.5 Å². The number of pyridine rings is 1. The number of nitrogens with zero attached hydrogens (tertiary/aromatic N) is 5. The van der Waals surface area contributed by atoms with Crippen LogP contribution in [0.2, 0.25) is 5.02 Å². The van der Waals surface area contributed by atoms with Crippen LogP contribution in [0.3, 0.4) is 0 Å². The van der Waals surface area contributed by atoms with E-state index in [-0.39, 0.29) is 12.1 Å². The van der Waals surface area contributed by atoms with E-state index in [4.69, 9.17) is 16.6 Å². The van der Waals surface area contributed by atoms with Crippen molar-refractivity contribution in [2.75, 3.05) is 31.1 Å². The lowest BCUT2D eigenvalue weighted by Crippen LogP contribution is -2.49. The Morgan fingerprint density at radius 2 is 1.76 bits per heavy atom. The molecule has 196 valence electrons. The summed E-state index contributed by atoms with van der Waals surface area (Å²) in [6, 6.07) is 6.54. The van der Waals surface area contributed by atoms with Gasteiger partial charge < -0.3 is 15.1 Å². The van der Waals surface area contributed by atoms with Crippen molar-refractivity contribution >= 4 is 23.4 Å². The van der Waals surface area contributed by atoms with Gasteiger partial charge in [-0.2, -0.15) is 13.2 Å². The molecule has 0 atom stereocenters. The number of piperidine rings is 1. The molecule has 3 aromatic rings. The van der Waals surface area contributed by atoms with E-state index in [1.54, 1.807) is 23.4 Å². The van der Waals surface area contributed by atoms with Crippen molar-refractivity contribution < 1.29 is 18.0 Å². The van der Waals surface area contributed by atoms with Crippen LogP contribution in [0, 0.1) is 0 Å². The third-order valence-corrected chi connectivity index (χ3v) is 6.77. The summed E-state index contributed by atoms with van der Waals surface area (Å²) in [7, 11) is 0. The van der Waals surface area contributed by atoms with Crippen LogP contribution in [-0.2, 0) is 6.18 Å². The van der Waals surface area contributed by atoms with E-state index in [9.17, 15) is 18.0 Å². The number of benzene rings is 1. The van der Waals surface area contributed by atoms with Crippen LogP contribution in [0.4, 0.5) is 23.8 Å². The van der Waals surface area contributed by atoms with Gasteiger partial charge in [0.15, 0.2) is 0 Å². The minimum atomic E-state index is -4.43. The number of aromatic nitrogens is 3. The highest BCUT2D eigenvalue weighted by atomic mass is 35.5. The summed E-state index contributed by atoms with van der Waals surface area (Å²) >= 11 is 6.42. The number of amides is 2. The molecular formula is C26H28ClF3N6O. The second kappa shape index (κ2) is 11.3. The van der Waals surface area contributed by atoms with Crippen molar-refractivity contribution in [1.82, 2.24) is 25.2 Å². The summed E-state index contributed by atoms with van der Waals surface area (Å²) in [4.78, 5) is 29.7. The van der Waals surface area contributed by atoms with E-state index in [0.29, 0.717) is 59.5 Å². The molecule has 37 heavy (non-hydrogen) atoms. The van der Waals surface area contributed by atoms with Gasteiger partial charge in [0.2, 0.25) is 0 Å². The van der Waals surface area contributed by atoms with Gasteiger partial charge in [-0.15, -0.1) is 0 Å². The highest BCUT2D eigenvalue weighted by Gasteiger charge is 2.30. The number of carbonyl (C=O) groups excluding carboxylic acids is 1. The quantitative estimate of drug-likeness (QED) is 0.428. The molecule has 1 fully saturated rings. The third kappa shape index (κ3) is 6.12. The van der Waals surface area contributed by atoms with Crippen LogP contribution in [0.25, 0.3) is 22.5 Å². The molecule has 1 aromatic carbocycles. The first-order valence-corrected chi connectivity index (χ1v) is 12.5. The van der Waals surface area contributed by atoms with Crippen LogP contribution < -0.4 is 10.2 Å². The molecule has 1 N–H and O–H groups in total. The number of carbonyl (C=O) groups is 1. The fraction of sp³-hybridized carbons (Fsp3) is 0.385. The molecule has 2 amide bonds. The number of halogens is 4.